The Bertz CT molecular complexity index is 595. The van der Waals surface area contributed by atoms with Crippen LogP contribution >= 0.6 is 11.8 Å². The second-order valence-electron chi connectivity index (χ2n) is 7.33. The van der Waals surface area contributed by atoms with Gasteiger partial charge in [0.2, 0.25) is 5.91 Å². The Morgan fingerprint density at radius 2 is 1.63 bits per heavy atom. The summed E-state index contributed by atoms with van der Waals surface area (Å²) in [6, 6.07) is -1.70. The third-order valence-corrected chi connectivity index (χ3v) is 5.54. The Morgan fingerprint density at radius 1 is 1.00 bits per heavy atom. The highest BCUT2D eigenvalue weighted by atomic mass is 32.2. The second-order valence-corrected chi connectivity index (χ2v) is 8.44. The van der Waals surface area contributed by atoms with Gasteiger partial charge in [-0.2, -0.15) is 0 Å². The Morgan fingerprint density at radius 3 is 2.19 bits per heavy atom. The molecule has 2 saturated heterocycles. The van der Waals surface area contributed by atoms with E-state index >= 15 is 0 Å². The number of hydrogen-bond donors (Lipinski definition) is 0. The molecule has 2 fully saturated rings. The van der Waals surface area contributed by atoms with Crippen molar-refractivity contribution >= 4 is 35.7 Å². The number of amides is 2. The van der Waals surface area contributed by atoms with Crippen molar-refractivity contribution in [1.29, 1.82) is 0 Å². The van der Waals surface area contributed by atoms with Crippen LogP contribution in [0.4, 0.5) is 4.79 Å². The zero-order chi connectivity index (χ0) is 20.4. The molecular formula is C17H26N2O7S. The molecule has 0 aromatic rings. The summed E-state index contributed by atoms with van der Waals surface area (Å²) in [6.07, 6.45) is 0.470. The van der Waals surface area contributed by atoms with Crippen molar-refractivity contribution in [2.24, 2.45) is 0 Å². The van der Waals surface area contributed by atoms with Crippen LogP contribution in [0.2, 0.25) is 0 Å². The van der Waals surface area contributed by atoms with Crippen LogP contribution in [0, 0.1) is 0 Å². The molecule has 2 rings (SSSR count). The van der Waals surface area contributed by atoms with Gasteiger partial charge in [0.25, 0.3) is 0 Å². The number of methoxy groups -OCH3 is 2. The zero-order valence-corrected chi connectivity index (χ0v) is 17.0. The van der Waals surface area contributed by atoms with E-state index in [1.807, 2.05) is 0 Å². The number of rotatable bonds is 3. The number of thioether (sulfide) groups is 1. The van der Waals surface area contributed by atoms with Gasteiger partial charge in [-0.1, -0.05) is 0 Å². The summed E-state index contributed by atoms with van der Waals surface area (Å²) >= 11 is 1.14. The lowest BCUT2D eigenvalue weighted by Gasteiger charge is -2.33. The van der Waals surface area contributed by atoms with Crippen LogP contribution in [0.1, 0.15) is 33.6 Å². The van der Waals surface area contributed by atoms with Gasteiger partial charge in [0.1, 0.15) is 17.7 Å². The van der Waals surface area contributed by atoms with Crippen molar-refractivity contribution in [2.75, 3.05) is 26.5 Å². The number of carbonyl (C=O) groups excluding carboxylic acids is 4. The molecule has 9 nitrogen and oxygen atoms in total. The molecule has 0 aliphatic carbocycles. The van der Waals surface area contributed by atoms with Crippen molar-refractivity contribution < 1.29 is 33.4 Å². The van der Waals surface area contributed by atoms with Crippen LogP contribution in [0.5, 0.6) is 0 Å². The van der Waals surface area contributed by atoms with Gasteiger partial charge in [0.05, 0.1) is 14.2 Å². The summed E-state index contributed by atoms with van der Waals surface area (Å²) in [6.45, 7) is 5.61. The SMILES string of the molecule is COC(=O)[C@H]1SC[C@@H](C(=O)OC)N1C(=O)[C@@H]1CCCN1C(=O)OC(C)(C)C. The number of esters is 2. The van der Waals surface area contributed by atoms with Crippen LogP contribution in [-0.4, -0.2) is 83.3 Å². The quantitative estimate of drug-likeness (QED) is 0.509. The van der Waals surface area contributed by atoms with Crippen molar-refractivity contribution in [3.05, 3.63) is 0 Å². The average molecular weight is 402 g/mol. The van der Waals surface area contributed by atoms with Crippen molar-refractivity contribution in [3.63, 3.8) is 0 Å². The van der Waals surface area contributed by atoms with E-state index in [0.29, 0.717) is 19.4 Å². The summed E-state index contributed by atoms with van der Waals surface area (Å²) in [5, 5.41) is -0.951. The van der Waals surface area contributed by atoms with Gasteiger partial charge < -0.3 is 19.1 Å². The van der Waals surface area contributed by atoms with Gasteiger partial charge in [0, 0.05) is 12.3 Å². The van der Waals surface area contributed by atoms with Crippen LogP contribution < -0.4 is 0 Å². The van der Waals surface area contributed by atoms with Gasteiger partial charge >= 0.3 is 18.0 Å². The lowest BCUT2D eigenvalue weighted by molar-refractivity contribution is -0.158. The van der Waals surface area contributed by atoms with E-state index in [1.54, 1.807) is 20.8 Å². The van der Waals surface area contributed by atoms with E-state index in [1.165, 1.54) is 24.0 Å². The van der Waals surface area contributed by atoms with Crippen LogP contribution in [0.3, 0.4) is 0 Å². The molecule has 2 heterocycles. The maximum Gasteiger partial charge on any atom is 0.410 e. The first-order valence-electron chi connectivity index (χ1n) is 8.69. The molecule has 0 aromatic carbocycles. The molecule has 0 unspecified atom stereocenters. The molecule has 27 heavy (non-hydrogen) atoms. The maximum atomic E-state index is 13.2. The average Bonchev–Trinajstić information content (AvgIpc) is 3.25. The number of nitrogens with zero attached hydrogens (tertiary/aromatic N) is 2. The van der Waals surface area contributed by atoms with E-state index in [-0.39, 0.29) is 5.75 Å². The van der Waals surface area contributed by atoms with Gasteiger partial charge in [0.15, 0.2) is 5.37 Å². The Labute approximate surface area is 162 Å². The molecule has 0 saturated carbocycles. The molecule has 0 bridgehead atoms. The summed E-state index contributed by atoms with van der Waals surface area (Å²) in [4.78, 5) is 52.5. The smallest absolute Gasteiger partial charge is 0.410 e. The molecule has 0 N–H and O–H groups in total. The summed E-state index contributed by atoms with van der Waals surface area (Å²) in [5.41, 5.74) is -0.695. The van der Waals surface area contributed by atoms with E-state index < -0.39 is 47.0 Å². The Balaban J connectivity index is 2.26. The fourth-order valence-electron chi connectivity index (χ4n) is 3.11. The Kier molecular flexibility index (Phi) is 6.61. The predicted octanol–water partition coefficient (Wildman–Crippen LogP) is 1.00. The number of carbonyl (C=O) groups is 4. The summed E-state index contributed by atoms with van der Waals surface area (Å²) < 4.78 is 14.9. The minimum atomic E-state index is -0.951. The number of ether oxygens (including phenoxy) is 3. The summed E-state index contributed by atoms with van der Waals surface area (Å²) in [7, 11) is 2.45. The van der Waals surface area contributed by atoms with Crippen LogP contribution in [0.15, 0.2) is 0 Å². The minimum absolute atomic E-state index is 0.220. The van der Waals surface area contributed by atoms with E-state index in [2.05, 4.69) is 0 Å². The molecule has 2 amide bonds. The van der Waals surface area contributed by atoms with Gasteiger partial charge in [-0.15, -0.1) is 11.8 Å². The maximum absolute atomic E-state index is 13.2. The standard InChI is InChI=1S/C17H26N2O7S/c1-17(2,3)26-16(23)18-8-6-7-10(18)12(20)19-11(14(21)24-4)9-27-13(19)15(22)25-5/h10-11,13H,6-9H2,1-5H3/t10-,11-,13+/m0/s1. The Hall–Kier alpha value is -1.97. The highest BCUT2D eigenvalue weighted by Gasteiger charge is 2.50. The van der Waals surface area contributed by atoms with E-state index in [9.17, 15) is 19.2 Å². The second kappa shape index (κ2) is 8.37. The first-order valence-corrected chi connectivity index (χ1v) is 9.74. The molecule has 2 aliphatic rings. The third-order valence-electron chi connectivity index (χ3n) is 4.30. The first-order chi connectivity index (χ1) is 12.6. The van der Waals surface area contributed by atoms with Crippen molar-refractivity contribution in [2.45, 2.75) is 56.7 Å². The third kappa shape index (κ3) is 4.66. The molecule has 152 valence electrons. The van der Waals surface area contributed by atoms with Gasteiger partial charge in [-0.25, -0.2) is 14.4 Å². The van der Waals surface area contributed by atoms with E-state index in [4.69, 9.17) is 14.2 Å². The molecule has 0 aromatic heterocycles. The van der Waals surface area contributed by atoms with Gasteiger partial charge in [-0.3, -0.25) is 9.69 Å². The molecule has 0 spiro atoms. The molecule has 3 atom stereocenters. The fraction of sp³-hybridized carbons (Fsp3) is 0.765. The monoisotopic (exact) mass is 402 g/mol. The van der Waals surface area contributed by atoms with Crippen molar-refractivity contribution in [3.8, 4) is 0 Å². The number of hydrogen-bond acceptors (Lipinski definition) is 8. The van der Waals surface area contributed by atoms with E-state index in [0.717, 1.165) is 11.8 Å². The highest BCUT2D eigenvalue weighted by Crippen LogP contribution is 2.33. The topological polar surface area (TPSA) is 102 Å². The van der Waals surface area contributed by atoms with Gasteiger partial charge in [-0.05, 0) is 33.6 Å². The van der Waals surface area contributed by atoms with Crippen LogP contribution in [-0.2, 0) is 28.6 Å². The normalized spacial score (nSPS) is 25.3. The molecule has 10 heteroatoms. The largest absolute Gasteiger partial charge is 0.467 e. The summed E-state index contributed by atoms with van der Waals surface area (Å²) in [5.74, 6) is -1.49. The lowest BCUT2D eigenvalue weighted by atomic mass is 10.1. The highest BCUT2D eigenvalue weighted by molar-refractivity contribution is 8.00. The predicted molar refractivity (Wildman–Crippen MR) is 96.9 cm³/mol. The van der Waals surface area contributed by atoms with Crippen LogP contribution in [0.25, 0.3) is 0 Å². The molecule has 0 radical (unpaired) electrons. The van der Waals surface area contributed by atoms with Crippen molar-refractivity contribution in [1.82, 2.24) is 9.80 Å². The minimum Gasteiger partial charge on any atom is -0.467 e. The zero-order valence-electron chi connectivity index (χ0n) is 16.2. The molecular weight excluding hydrogens is 376 g/mol. The number of likely N-dealkylation sites (tertiary alicyclic amines) is 1. The first kappa shape index (κ1) is 21.3. The molecule has 2 aliphatic heterocycles. The fourth-order valence-corrected chi connectivity index (χ4v) is 4.42. The lowest BCUT2D eigenvalue weighted by Crippen LogP contribution is -2.55.